The van der Waals surface area contributed by atoms with Gasteiger partial charge in [-0.25, -0.2) is 5.43 Å². The van der Waals surface area contributed by atoms with E-state index < -0.39 is 0 Å². The first-order valence-corrected chi connectivity index (χ1v) is 6.39. The van der Waals surface area contributed by atoms with E-state index in [4.69, 9.17) is 0 Å². The van der Waals surface area contributed by atoms with Crippen LogP contribution >= 0.6 is 0 Å². The van der Waals surface area contributed by atoms with E-state index in [0.29, 0.717) is 18.4 Å². The van der Waals surface area contributed by atoms with Crippen molar-refractivity contribution >= 4 is 17.4 Å². The third kappa shape index (κ3) is 3.74. The molecule has 0 aliphatic heterocycles. The number of nitrogens with one attached hydrogen (secondary N) is 1. The Hall–Kier alpha value is -1.97. The number of amides is 1. The van der Waals surface area contributed by atoms with Crippen LogP contribution < -0.4 is 5.43 Å². The van der Waals surface area contributed by atoms with Crippen molar-refractivity contribution < 1.29 is 9.59 Å². The highest BCUT2D eigenvalue weighted by Gasteiger charge is 2.30. The molecule has 0 aromatic heterocycles. The predicted molar refractivity (Wildman–Crippen MR) is 74.0 cm³/mol. The van der Waals surface area contributed by atoms with Crippen molar-refractivity contribution in [3.8, 4) is 0 Å². The monoisotopic (exact) mass is 258 g/mol. The van der Waals surface area contributed by atoms with Gasteiger partial charge in [0.1, 0.15) is 5.78 Å². The smallest absolute Gasteiger partial charge is 0.271 e. The molecule has 1 aliphatic rings. The van der Waals surface area contributed by atoms with Crippen molar-refractivity contribution in [2.75, 3.05) is 0 Å². The molecule has 100 valence electrons. The van der Waals surface area contributed by atoms with Crippen molar-refractivity contribution in [1.29, 1.82) is 0 Å². The van der Waals surface area contributed by atoms with Crippen molar-refractivity contribution in [2.45, 2.75) is 33.1 Å². The fraction of sp³-hybridized carbons (Fsp3) is 0.400. The van der Waals surface area contributed by atoms with Crippen LogP contribution in [0.1, 0.15) is 43.5 Å². The summed E-state index contributed by atoms with van der Waals surface area (Å²) in [5, 5.41) is 4.10. The number of carbonyl (C=O) groups excluding carboxylic acids is 2. The minimum Gasteiger partial charge on any atom is -0.299 e. The van der Waals surface area contributed by atoms with E-state index in [1.165, 1.54) is 0 Å². The molecule has 0 bridgehead atoms. The topological polar surface area (TPSA) is 58.5 Å². The molecule has 0 saturated heterocycles. The maximum absolute atomic E-state index is 11.8. The Balaban J connectivity index is 2.03. The van der Waals surface area contributed by atoms with Gasteiger partial charge in [0.25, 0.3) is 5.91 Å². The molecular weight excluding hydrogens is 240 g/mol. The molecule has 1 fully saturated rings. The predicted octanol–water partition coefficient (Wildman–Crippen LogP) is 2.55. The highest BCUT2D eigenvalue weighted by atomic mass is 16.2. The Bertz CT molecular complexity index is 518. The first-order valence-electron chi connectivity index (χ1n) is 6.39. The molecule has 4 heteroatoms. The van der Waals surface area contributed by atoms with E-state index in [1.807, 2.05) is 19.9 Å². The number of benzene rings is 1. The van der Waals surface area contributed by atoms with Gasteiger partial charge < -0.3 is 0 Å². The Morgan fingerprint density at radius 3 is 2.53 bits per heavy atom. The molecule has 0 unspecified atom stereocenters. The summed E-state index contributed by atoms with van der Waals surface area (Å²) in [6, 6.07) is 8.91. The van der Waals surface area contributed by atoms with Crippen LogP contribution in [-0.4, -0.2) is 17.4 Å². The quantitative estimate of drug-likeness (QED) is 0.829. The first-order chi connectivity index (χ1) is 8.96. The normalized spacial score (nSPS) is 20.3. The molecule has 0 spiro atoms. The number of hydrazone groups is 1. The molecule has 2 rings (SSSR count). The summed E-state index contributed by atoms with van der Waals surface area (Å²) in [6.07, 6.45) is 1.67. The lowest BCUT2D eigenvalue weighted by atomic mass is 9.76. The average Bonchev–Trinajstić information content (AvgIpc) is 2.34. The maximum Gasteiger partial charge on any atom is 0.271 e. The van der Waals surface area contributed by atoms with Crippen LogP contribution in [0.5, 0.6) is 0 Å². The molecule has 0 heterocycles. The van der Waals surface area contributed by atoms with E-state index in [-0.39, 0.29) is 17.1 Å². The fourth-order valence-electron chi connectivity index (χ4n) is 2.36. The van der Waals surface area contributed by atoms with Crippen LogP contribution in [0.4, 0.5) is 0 Å². The first kappa shape index (κ1) is 13.5. The zero-order valence-electron chi connectivity index (χ0n) is 11.3. The molecule has 1 amide bonds. The van der Waals surface area contributed by atoms with Crippen molar-refractivity contribution in [2.24, 2.45) is 10.5 Å². The molecule has 0 atom stereocenters. The lowest BCUT2D eigenvalue weighted by Gasteiger charge is -2.28. The van der Waals surface area contributed by atoms with E-state index in [9.17, 15) is 9.59 Å². The van der Waals surface area contributed by atoms with Crippen LogP contribution in [0.3, 0.4) is 0 Å². The van der Waals surface area contributed by atoms with Crippen molar-refractivity contribution in [1.82, 2.24) is 5.43 Å². The van der Waals surface area contributed by atoms with Gasteiger partial charge in [-0.15, -0.1) is 0 Å². The summed E-state index contributed by atoms with van der Waals surface area (Å²) in [4.78, 5) is 23.4. The second-order valence-corrected chi connectivity index (χ2v) is 5.72. The van der Waals surface area contributed by atoms with Gasteiger partial charge in [-0.1, -0.05) is 32.0 Å². The number of Topliss-reactive ketones (excluding diaryl/α,β-unsaturated/α-hetero) is 1. The number of carbonyl (C=O) groups is 2. The van der Waals surface area contributed by atoms with Crippen LogP contribution in [0, 0.1) is 5.41 Å². The SMILES string of the molecule is CC1(C)CC(=O)CC(=NNC(=O)c2ccccc2)C1. The Morgan fingerprint density at radius 2 is 1.89 bits per heavy atom. The van der Waals surface area contributed by atoms with Gasteiger partial charge in [-0.3, -0.25) is 9.59 Å². The summed E-state index contributed by atoms with van der Waals surface area (Å²) < 4.78 is 0. The molecule has 1 aliphatic carbocycles. The minimum atomic E-state index is -0.246. The fourth-order valence-corrected chi connectivity index (χ4v) is 2.36. The molecule has 1 aromatic carbocycles. The Labute approximate surface area is 112 Å². The minimum absolute atomic E-state index is 0.0638. The summed E-state index contributed by atoms with van der Waals surface area (Å²) in [6.45, 7) is 4.08. The van der Waals surface area contributed by atoms with Gasteiger partial charge in [-0.05, 0) is 24.0 Å². The van der Waals surface area contributed by atoms with E-state index >= 15 is 0 Å². The molecular formula is C15H18N2O2. The maximum atomic E-state index is 11.8. The van der Waals surface area contributed by atoms with Crippen molar-refractivity contribution in [3.05, 3.63) is 35.9 Å². The van der Waals surface area contributed by atoms with Crippen LogP contribution in [0.15, 0.2) is 35.4 Å². The number of nitrogens with zero attached hydrogens (tertiary/aromatic N) is 1. The molecule has 1 saturated carbocycles. The lowest BCUT2D eigenvalue weighted by molar-refractivity contribution is -0.120. The van der Waals surface area contributed by atoms with Crippen molar-refractivity contribution in [3.63, 3.8) is 0 Å². The summed E-state index contributed by atoms with van der Waals surface area (Å²) in [7, 11) is 0. The standard InChI is InChI=1S/C15H18N2O2/c1-15(2)9-12(8-13(18)10-15)16-17-14(19)11-6-4-3-5-7-11/h3-7H,8-10H2,1-2H3,(H,17,19). The van der Waals surface area contributed by atoms with Crippen LogP contribution in [0.2, 0.25) is 0 Å². The van der Waals surface area contributed by atoms with E-state index in [2.05, 4.69) is 10.5 Å². The molecule has 1 aromatic rings. The second kappa shape index (κ2) is 5.34. The van der Waals surface area contributed by atoms with Gasteiger partial charge in [0, 0.05) is 24.1 Å². The third-order valence-electron chi connectivity index (χ3n) is 3.11. The molecule has 19 heavy (non-hydrogen) atoms. The largest absolute Gasteiger partial charge is 0.299 e. The second-order valence-electron chi connectivity index (χ2n) is 5.72. The Kier molecular flexibility index (Phi) is 3.79. The van der Waals surface area contributed by atoms with E-state index in [0.717, 1.165) is 12.1 Å². The van der Waals surface area contributed by atoms with E-state index in [1.54, 1.807) is 24.3 Å². The zero-order chi connectivity index (χ0) is 13.9. The number of hydrogen-bond acceptors (Lipinski definition) is 3. The summed E-state index contributed by atoms with van der Waals surface area (Å²) in [5.41, 5.74) is 3.78. The van der Waals surface area contributed by atoms with Crippen LogP contribution in [0.25, 0.3) is 0 Å². The lowest BCUT2D eigenvalue weighted by Crippen LogP contribution is -2.31. The summed E-state index contributed by atoms with van der Waals surface area (Å²) >= 11 is 0. The zero-order valence-corrected chi connectivity index (χ0v) is 11.3. The van der Waals surface area contributed by atoms with Gasteiger partial charge in [0.05, 0.1) is 0 Å². The molecule has 1 N–H and O–H groups in total. The van der Waals surface area contributed by atoms with Gasteiger partial charge in [-0.2, -0.15) is 5.10 Å². The molecule has 4 nitrogen and oxygen atoms in total. The van der Waals surface area contributed by atoms with Gasteiger partial charge >= 0.3 is 0 Å². The van der Waals surface area contributed by atoms with Crippen LogP contribution in [-0.2, 0) is 4.79 Å². The number of ketones is 1. The van der Waals surface area contributed by atoms with Gasteiger partial charge in [0.2, 0.25) is 0 Å². The molecule has 0 radical (unpaired) electrons. The highest BCUT2D eigenvalue weighted by Crippen LogP contribution is 2.31. The number of rotatable bonds is 2. The number of hydrogen-bond donors (Lipinski definition) is 1. The van der Waals surface area contributed by atoms with Gasteiger partial charge in [0.15, 0.2) is 0 Å². The third-order valence-corrected chi connectivity index (χ3v) is 3.11. The Morgan fingerprint density at radius 1 is 1.21 bits per heavy atom. The highest BCUT2D eigenvalue weighted by molar-refractivity contribution is 6.05. The average molecular weight is 258 g/mol. The summed E-state index contributed by atoms with van der Waals surface area (Å²) in [5.74, 6) is -0.0621.